The van der Waals surface area contributed by atoms with Gasteiger partial charge in [-0.1, -0.05) is 19.1 Å². The molecule has 3 nitrogen and oxygen atoms in total. The van der Waals surface area contributed by atoms with Gasteiger partial charge in [0.1, 0.15) is 0 Å². The van der Waals surface area contributed by atoms with Crippen LogP contribution in [-0.4, -0.2) is 36.2 Å². The van der Waals surface area contributed by atoms with Crippen molar-refractivity contribution in [3.05, 3.63) is 29.8 Å². The zero-order valence-corrected chi connectivity index (χ0v) is 13.4. The fourth-order valence-electron chi connectivity index (χ4n) is 3.06. The van der Waals surface area contributed by atoms with Gasteiger partial charge in [0.05, 0.1) is 0 Å². The van der Waals surface area contributed by atoms with Crippen LogP contribution in [0.1, 0.15) is 44.6 Å². The lowest BCUT2D eigenvalue weighted by molar-refractivity contribution is 0.176. The smallest absolute Gasteiger partial charge is 0.0431 e. The second-order valence-electron chi connectivity index (χ2n) is 6.39. The molecule has 1 fully saturated rings. The van der Waals surface area contributed by atoms with Crippen LogP contribution in [0.4, 0.5) is 5.69 Å². The average Bonchev–Trinajstić information content (AvgIpc) is 2.49. The molecular weight excluding hydrogens is 260 g/mol. The SMILES string of the molecule is CC1CCCN(Cc2ccc(NCCCCCO)cc2)C1. The first-order valence-corrected chi connectivity index (χ1v) is 8.44. The van der Waals surface area contributed by atoms with E-state index in [1.807, 2.05) is 0 Å². The molecule has 1 saturated heterocycles. The van der Waals surface area contributed by atoms with Crippen LogP contribution in [0.3, 0.4) is 0 Å². The van der Waals surface area contributed by atoms with E-state index in [1.54, 1.807) is 0 Å². The van der Waals surface area contributed by atoms with E-state index in [0.717, 1.165) is 38.3 Å². The Morgan fingerprint density at radius 2 is 2.00 bits per heavy atom. The third-order valence-electron chi connectivity index (χ3n) is 4.27. The summed E-state index contributed by atoms with van der Waals surface area (Å²) in [5.74, 6) is 0.846. The van der Waals surface area contributed by atoms with Gasteiger partial charge < -0.3 is 10.4 Å². The van der Waals surface area contributed by atoms with Gasteiger partial charge in [-0.15, -0.1) is 0 Å². The molecule has 1 aliphatic rings. The van der Waals surface area contributed by atoms with Crippen LogP contribution in [0, 0.1) is 5.92 Å². The minimum Gasteiger partial charge on any atom is -0.396 e. The molecule has 118 valence electrons. The Morgan fingerprint density at radius 3 is 2.71 bits per heavy atom. The van der Waals surface area contributed by atoms with E-state index in [4.69, 9.17) is 5.11 Å². The van der Waals surface area contributed by atoms with Gasteiger partial charge in [0.25, 0.3) is 0 Å². The number of nitrogens with one attached hydrogen (secondary N) is 1. The summed E-state index contributed by atoms with van der Waals surface area (Å²) in [5, 5.41) is 12.2. The van der Waals surface area contributed by atoms with Gasteiger partial charge in [-0.2, -0.15) is 0 Å². The van der Waals surface area contributed by atoms with E-state index in [2.05, 4.69) is 41.4 Å². The molecule has 0 radical (unpaired) electrons. The van der Waals surface area contributed by atoms with E-state index in [9.17, 15) is 0 Å². The summed E-state index contributed by atoms with van der Waals surface area (Å²) < 4.78 is 0. The Labute approximate surface area is 129 Å². The second kappa shape index (κ2) is 9.06. The maximum atomic E-state index is 8.74. The Hall–Kier alpha value is -1.06. The maximum absolute atomic E-state index is 8.74. The van der Waals surface area contributed by atoms with Gasteiger partial charge in [0.2, 0.25) is 0 Å². The van der Waals surface area contributed by atoms with E-state index in [-0.39, 0.29) is 0 Å². The number of unbranched alkanes of at least 4 members (excludes halogenated alkanes) is 2. The minimum absolute atomic E-state index is 0.309. The van der Waals surface area contributed by atoms with Crippen molar-refractivity contribution in [1.82, 2.24) is 4.90 Å². The zero-order valence-electron chi connectivity index (χ0n) is 13.4. The third kappa shape index (κ3) is 6.06. The molecule has 0 bridgehead atoms. The van der Waals surface area contributed by atoms with Gasteiger partial charge >= 0.3 is 0 Å². The Bertz CT molecular complexity index is 391. The van der Waals surface area contributed by atoms with E-state index in [0.29, 0.717) is 6.61 Å². The van der Waals surface area contributed by atoms with Gasteiger partial charge in [-0.3, -0.25) is 4.90 Å². The summed E-state index contributed by atoms with van der Waals surface area (Å²) in [6.07, 6.45) is 5.85. The van der Waals surface area contributed by atoms with Crippen molar-refractivity contribution < 1.29 is 5.11 Å². The third-order valence-corrected chi connectivity index (χ3v) is 4.27. The van der Waals surface area contributed by atoms with E-state index in [1.165, 1.54) is 37.2 Å². The number of benzene rings is 1. The van der Waals surface area contributed by atoms with Gasteiger partial charge in [0.15, 0.2) is 0 Å². The van der Waals surface area contributed by atoms with Crippen LogP contribution < -0.4 is 5.32 Å². The number of anilines is 1. The number of rotatable bonds is 8. The molecule has 1 unspecified atom stereocenters. The van der Waals surface area contributed by atoms with Crippen LogP contribution >= 0.6 is 0 Å². The molecule has 0 aliphatic carbocycles. The van der Waals surface area contributed by atoms with Crippen molar-refractivity contribution in [2.24, 2.45) is 5.92 Å². The van der Waals surface area contributed by atoms with Crippen molar-refractivity contribution in [3.8, 4) is 0 Å². The van der Waals surface area contributed by atoms with Gasteiger partial charge in [0, 0.05) is 31.9 Å². The Kier molecular flexibility index (Phi) is 7.04. The molecule has 1 aliphatic heterocycles. The largest absolute Gasteiger partial charge is 0.396 e. The second-order valence-corrected chi connectivity index (χ2v) is 6.39. The number of hydrogen-bond acceptors (Lipinski definition) is 3. The average molecular weight is 290 g/mol. The molecule has 1 aromatic rings. The number of nitrogens with zero attached hydrogens (tertiary/aromatic N) is 1. The molecule has 0 saturated carbocycles. The minimum atomic E-state index is 0.309. The maximum Gasteiger partial charge on any atom is 0.0431 e. The highest BCUT2D eigenvalue weighted by Gasteiger charge is 2.15. The lowest BCUT2D eigenvalue weighted by Gasteiger charge is -2.30. The summed E-state index contributed by atoms with van der Waals surface area (Å²) >= 11 is 0. The molecule has 3 heteroatoms. The quantitative estimate of drug-likeness (QED) is 0.719. The van der Waals surface area contributed by atoms with Gasteiger partial charge in [-0.05, 0) is 62.3 Å². The fraction of sp³-hybridized carbons (Fsp3) is 0.667. The number of piperidine rings is 1. The highest BCUT2D eigenvalue weighted by atomic mass is 16.2. The first-order chi connectivity index (χ1) is 10.3. The highest BCUT2D eigenvalue weighted by Crippen LogP contribution is 2.18. The summed E-state index contributed by atoms with van der Waals surface area (Å²) in [6, 6.07) is 8.87. The molecule has 0 spiro atoms. The molecule has 2 N–H and O–H groups in total. The van der Waals surface area contributed by atoms with Crippen molar-refractivity contribution >= 4 is 5.69 Å². The summed E-state index contributed by atoms with van der Waals surface area (Å²) in [7, 11) is 0. The van der Waals surface area contributed by atoms with Crippen LogP contribution in [-0.2, 0) is 6.54 Å². The zero-order chi connectivity index (χ0) is 14.9. The van der Waals surface area contributed by atoms with Crippen molar-refractivity contribution in [3.63, 3.8) is 0 Å². The van der Waals surface area contributed by atoms with Crippen LogP contribution in [0.5, 0.6) is 0 Å². The summed E-state index contributed by atoms with van der Waals surface area (Å²) in [5.41, 5.74) is 2.62. The van der Waals surface area contributed by atoms with Crippen molar-refractivity contribution in [1.29, 1.82) is 0 Å². The number of likely N-dealkylation sites (tertiary alicyclic amines) is 1. The predicted molar refractivity (Wildman–Crippen MR) is 89.5 cm³/mol. The lowest BCUT2D eigenvalue weighted by atomic mass is 10.00. The van der Waals surface area contributed by atoms with Crippen molar-refractivity contribution in [2.75, 3.05) is 31.6 Å². The number of aliphatic hydroxyl groups excluding tert-OH is 1. The summed E-state index contributed by atoms with van der Waals surface area (Å²) in [6.45, 7) is 7.23. The van der Waals surface area contributed by atoms with Crippen LogP contribution in [0.2, 0.25) is 0 Å². The molecule has 0 amide bonds. The molecule has 1 atom stereocenters. The highest BCUT2D eigenvalue weighted by molar-refractivity contribution is 5.44. The molecular formula is C18H30N2O. The van der Waals surface area contributed by atoms with E-state index < -0.39 is 0 Å². The van der Waals surface area contributed by atoms with Gasteiger partial charge in [-0.25, -0.2) is 0 Å². The Balaban J connectivity index is 1.71. The molecule has 0 aromatic heterocycles. The number of aliphatic hydroxyl groups is 1. The first-order valence-electron chi connectivity index (χ1n) is 8.44. The molecule has 2 rings (SSSR count). The fourth-order valence-corrected chi connectivity index (χ4v) is 3.06. The number of hydrogen-bond donors (Lipinski definition) is 2. The Morgan fingerprint density at radius 1 is 1.19 bits per heavy atom. The summed E-state index contributed by atoms with van der Waals surface area (Å²) in [4.78, 5) is 2.57. The standard InChI is InChI=1S/C18H30N2O/c1-16-6-5-12-20(14-16)15-17-7-9-18(10-8-17)19-11-3-2-4-13-21/h7-10,16,19,21H,2-6,11-15H2,1H3. The lowest BCUT2D eigenvalue weighted by Crippen LogP contribution is -2.33. The molecule has 1 aromatic carbocycles. The van der Waals surface area contributed by atoms with Crippen LogP contribution in [0.25, 0.3) is 0 Å². The van der Waals surface area contributed by atoms with E-state index >= 15 is 0 Å². The first kappa shape index (κ1) is 16.3. The van der Waals surface area contributed by atoms with Crippen molar-refractivity contribution in [2.45, 2.75) is 45.6 Å². The normalized spacial score (nSPS) is 19.6. The van der Waals surface area contributed by atoms with Crippen LogP contribution in [0.15, 0.2) is 24.3 Å². The monoisotopic (exact) mass is 290 g/mol. The topological polar surface area (TPSA) is 35.5 Å². The predicted octanol–water partition coefficient (Wildman–Crippen LogP) is 3.49. The molecule has 1 heterocycles. The molecule has 21 heavy (non-hydrogen) atoms.